The van der Waals surface area contributed by atoms with Crippen molar-refractivity contribution in [3.05, 3.63) is 23.8 Å². The predicted molar refractivity (Wildman–Crippen MR) is 48.1 cm³/mol. The fourth-order valence-electron chi connectivity index (χ4n) is 0.996. The van der Waals surface area contributed by atoms with Gasteiger partial charge in [0.1, 0.15) is 11.5 Å². The zero-order valence-electron chi connectivity index (χ0n) is 8.17. The Balaban J connectivity index is 2.93. The standard InChI is InChI=1S/C9H8F3NO3/c1-5-2-3-6(16-9(10,11)12)4-7(5)15-8(13)14/h2-4H,1H3,(H2,13,14). The van der Waals surface area contributed by atoms with E-state index in [1.54, 1.807) is 6.92 Å². The Morgan fingerprint density at radius 1 is 1.38 bits per heavy atom. The molecule has 0 heterocycles. The lowest BCUT2D eigenvalue weighted by atomic mass is 10.2. The maximum Gasteiger partial charge on any atom is 0.573 e. The number of carbonyl (C=O) groups is 1. The van der Waals surface area contributed by atoms with Gasteiger partial charge in [0, 0.05) is 6.07 Å². The molecular weight excluding hydrogens is 227 g/mol. The lowest BCUT2D eigenvalue weighted by Crippen LogP contribution is -2.18. The maximum atomic E-state index is 11.9. The first-order valence-corrected chi connectivity index (χ1v) is 4.11. The Hall–Kier alpha value is -1.92. The first-order valence-electron chi connectivity index (χ1n) is 4.11. The van der Waals surface area contributed by atoms with E-state index in [0.717, 1.165) is 12.1 Å². The van der Waals surface area contributed by atoms with Crippen molar-refractivity contribution in [3.63, 3.8) is 0 Å². The molecule has 1 rings (SSSR count). The van der Waals surface area contributed by atoms with Crippen LogP contribution >= 0.6 is 0 Å². The van der Waals surface area contributed by atoms with E-state index in [0.29, 0.717) is 5.56 Å². The Morgan fingerprint density at radius 2 is 2.00 bits per heavy atom. The molecule has 0 saturated carbocycles. The number of alkyl halides is 3. The maximum absolute atomic E-state index is 11.9. The number of benzene rings is 1. The minimum Gasteiger partial charge on any atom is -0.410 e. The first kappa shape index (κ1) is 12.2. The highest BCUT2D eigenvalue weighted by Gasteiger charge is 2.31. The number of rotatable bonds is 2. The molecule has 0 aliphatic rings. The lowest BCUT2D eigenvalue weighted by Gasteiger charge is -2.11. The van der Waals surface area contributed by atoms with Gasteiger partial charge in [-0.15, -0.1) is 13.2 Å². The summed E-state index contributed by atoms with van der Waals surface area (Å²) in [7, 11) is 0. The summed E-state index contributed by atoms with van der Waals surface area (Å²) in [6.45, 7) is 1.55. The van der Waals surface area contributed by atoms with Crippen LogP contribution in [0.1, 0.15) is 5.56 Å². The molecule has 0 fully saturated rings. The van der Waals surface area contributed by atoms with Crippen LogP contribution in [-0.2, 0) is 0 Å². The van der Waals surface area contributed by atoms with Gasteiger partial charge in [-0.25, -0.2) is 4.79 Å². The molecule has 7 heteroatoms. The van der Waals surface area contributed by atoms with Crippen molar-refractivity contribution in [2.45, 2.75) is 13.3 Å². The van der Waals surface area contributed by atoms with E-state index in [1.165, 1.54) is 6.07 Å². The number of carbonyl (C=O) groups excluding carboxylic acids is 1. The molecule has 0 unspecified atom stereocenters. The molecule has 1 aromatic rings. The number of aryl methyl sites for hydroxylation is 1. The molecule has 0 aliphatic heterocycles. The zero-order chi connectivity index (χ0) is 12.3. The Morgan fingerprint density at radius 3 is 2.50 bits per heavy atom. The monoisotopic (exact) mass is 235 g/mol. The van der Waals surface area contributed by atoms with Crippen molar-refractivity contribution >= 4 is 6.09 Å². The van der Waals surface area contributed by atoms with Crippen LogP contribution in [0.2, 0.25) is 0 Å². The van der Waals surface area contributed by atoms with Crippen molar-refractivity contribution in [2.75, 3.05) is 0 Å². The zero-order valence-corrected chi connectivity index (χ0v) is 8.17. The molecule has 0 atom stereocenters. The van der Waals surface area contributed by atoms with Crippen LogP contribution in [0.5, 0.6) is 11.5 Å². The molecule has 1 aromatic carbocycles. The summed E-state index contributed by atoms with van der Waals surface area (Å²) >= 11 is 0. The van der Waals surface area contributed by atoms with Gasteiger partial charge in [-0.05, 0) is 18.6 Å². The van der Waals surface area contributed by atoms with Gasteiger partial charge in [0.25, 0.3) is 0 Å². The summed E-state index contributed by atoms with van der Waals surface area (Å²) in [5.41, 5.74) is 5.21. The number of nitrogens with two attached hydrogens (primary N) is 1. The SMILES string of the molecule is Cc1ccc(OC(F)(F)F)cc1OC(N)=O. The predicted octanol–water partition coefficient (Wildman–Crippen LogP) is 2.35. The third-order valence-electron chi connectivity index (χ3n) is 1.60. The van der Waals surface area contributed by atoms with Gasteiger partial charge in [-0.1, -0.05) is 6.07 Å². The molecule has 1 amide bonds. The van der Waals surface area contributed by atoms with Gasteiger partial charge < -0.3 is 15.2 Å². The first-order chi connectivity index (χ1) is 7.28. The summed E-state index contributed by atoms with van der Waals surface area (Å²) in [5, 5.41) is 0. The van der Waals surface area contributed by atoms with E-state index in [-0.39, 0.29) is 5.75 Å². The number of amides is 1. The van der Waals surface area contributed by atoms with Crippen LogP contribution in [0.25, 0.3) is 0 Å². The average Bonchev–Trinajstić information content (AvgIpc) is 2.07. The fourth-order valence-corrected chi connectivity index (χ4v) is 0.996. The highest BCUT2D eigenvalue weighted by atomic mass is 19.4. The molecule has 88 valence electrons. The van der Waals surface area contributed by atoms with E-state index >= 15 is 0 Å². The summed E-state index contributed by atoms with van der Waals surface area (Å²) in [4.78, 5) is 10.5. The molecule has 0 aliphatic carbocycles. The van der Waals surface area contributed by atoms with Crippen molar-refractivity contribution < 1.29 is 27.4 Å². The summed E-state index contributed by atoms with van der Waals surface area (Å²) < 4.78 is 43.8. The number of hydrogen-bond donors (Lipinski definition) is 1. The number of hydrogen-bond acceptors (Lipinski definition) is 3. The molecule has 4 nitrogen and oxygen atoms in total. The Labute approximate surface area is 88.8 Å². The number of ether oxygens (including phenoxy) is 2. The van der Waals surface area contributed by atoms with Gasteiger partial charge >= 0.3 is 12.5 Å². The smallest absolute Gasteiger partial charge is 0.410 e. The summed E-state index contributed by atoms with van der Waals surface area (Å²) in [6.07, 6.45) is -5.90. The van der Waals surface area contributed by atoms with Crippen molar-refractivity contribution in [2.24, 2.45) is 5.73 Å². The van der Waals surface area contributed by atoms with Crippen LogP contribution in [-0.4, -0.2) is 12.5 Å². The third kappa shape index (κ3) is 3.68. The fraction of sp³-hybridized carbons (Fsp3) is 0.222. The summed E-state index contributed by atoms with van der Waals surface area (Å²) in [6, 6.07) is 3.36. The largest absolute Gasteiger partial charge is 0.573 e. The molecule has 16 heavy (non-hydrogen) atoms. The Kier molecular flexibility index (Phi) is 3.26. The normalized spacial score (nSPS) is 11.0. The van der Waals surface area contributed by atoms with Crippen molar-refractivity contribution in [1.29, 1.82) is 0 Å². The number of primary amides is 1. The highest BCUT2D eigenvalue weighted by Crippen LogP contribution is 2.28. The second kappa shape index (κ2) is 4.30. The van der Waals surface area contributed by atoms with Crippen molar-refractivity contribution in [3.8, 4) is 11.5 Å². The molecule has 2 N–H and O–H groups in total. The van der Waals surface area contributed by atoms with E-state index in [1.807, 2.05) is 0 Å². The molecule has 0 radical (unpaired) electrons. The van der Waals surface area contributed by atoms with Crippen LogP contribution < -0.4 is 15.2 Å². The highest BCUT2D eigenvalue weighted by molar-refractivity contribution is 5.68. The average molecular weight is 235 g/mol. The number of halogens is 3. The van der Waals surface area contributed by atoms with Gasteiger partial charge in [0.2, 0.25) is 0 Å². The molecule has 0 saturated heterocycles. The van der Waals surface area contributed by atoms with Crippen LogP contribution in [0.4, 0.5) is 18.0 Å². The second-order valence-corrected chi connectivity index (χ2v) is 2.90. The van der Waals surface area contributed by atoms with Gasteiger partial charge in [-0.2, -0.15) is 0 Å². The Bertz CT molecular complexity index is 403. The van der Waals surface area contributed by atoms with E-state index < -0.39 is 18.2 Å². The quantitative estimate of drug-likeness (QED) is 0.855. The minimum absolute atomic E-state index is 0.0748. The van der Waals surface area contributed by atoms with Gasteiger partial charge in [0.15, 0.2) is 0 Å². The lowest BCUT2D eigenvalue weighted by molar-refractivity contribution is -0.274. The molecule has 0 bridgehead atoms. The van der Waals surface area contributed by atoms with Gasteiger partial charge in [0.05, 0.1) is 0 Å². The minimum atomic E-state index is -4.79. The topological polar surface area (TPSA) is 61.6 Å². The second-order valence-electron chi connectivity index (χ2n) is 2.90. The van der Waals surface area contributed by atoms with E-state index in [9.17, 15) is 18.0 Å². The van der Waals surface area contributed by atoms with Crippen LogP contribution in [0.3, 0.4) is 0 Å². The summed E-state index contributed by atoms with van der Waals surface area (Å²) in [5.74, 6) is -0.552. The molecule has 0 aromatic heterocycles. The van der Waals surface area contributed by atoms with Crippen LogP contribution in [0, 0.1) is 6.92 Å². The third-order valence-corrected chi connectivity index (χ3v) is 1.60. The van der Waals surface area contributed by atoms with E-state index in [2.05, 4.69) is 9.47 Å². The van der Waals surface area contributed by atoms with Crippen LogP contribution in [0.15, 0.2) is 18.2 Å². The van der Waals surface area contributed by atoms with Gasteiger partial charge in [-0.3, -0.25) is 0 Å². The van der Waals surface area contributed by atoms with E-state index in [4.69, 9.17) is 5.73 Å². The molecule has 0 spiro atoms. The van der Waals surface area contributed by atoms with Crippen molar-refractivity contribution in [1.82, 2.24) is 0 Å². The molecular formula is C9H8F3NO3.